The number of aliphatic carboxylic acids is 1. The summed E-state index contributed by atoms with van der Waals surface area (Å²) < 4.78 is 0. The van der Waals surface area contributed by atoms with Crippen molar-refractivity contribution < 1.29 is 29.1 Å². The summed E-state index contributed by atoms with van der Waals surface area (Å²) >= 11 is 0. The van der Waals surface area contributed by atoms with Crippen molar-refractivity contribution in [2.45, 2.75) is 84.5 Å². The first-order chi connectivity index (χ1) is 14.3. The van der Waals surface area contributed by atoms with E-state index >= 15 is 0 Å². The second-order valence-corrected chi connectivity index (χ2v) is 8.24. The molecule has 0 aromatic carbocycles. The number of nitrogens with one attached hydrogen (secondary N) is 3. The quantitative estimate of drug-likeness (QED) is 0.203. The highest BCUT2D eigenvalue weighted by molar-refractivity contribution is 5.94. The van der Waals surface area contributed by atoms with Crippen molar-refractivity contribution in [3.05, 3.63) is 0 Å². The average Bonchev–Trinajstić information content (AvgIpc) is 2.67. The summed E-state index contributed by atoms with van der Waals surface area (Å²) in [5.74, 6) is -3.82. The van der Waals surface area contributed by atoms with E-state index in [9.17, 15) is 29.1 Å². The predicted molar refractivity (Wildman–Crippen MR) is 114 cm³/mol. The van der Waals surface area contributed by atoms with Crippen molar-refractivity contribution in [1.82, 2.24) is 16.0 Å². The molecule has 0 aromatic rings. The van der Waals surface area contributed by atoms with Gasteiger partial charge in [-0.05, 0) is 31.6 Å². The van der Waals surface area contributed by atoms with Crippen molar-refractivity contribution in [2.24, 2.45) is 23.3 Å². The fourth-order valence-electron chi connectivity index (χ4n) is 2.75. The monoisotopic (exact) mass is 443 g/mol. The highest BCUT2D eigenvalue weighted by Gasteiger charge is 2.31. The van der Waals surface area contributed by atoms with Crippen molar-refractivity contribution in [1.29, 1.82) is 0 Å². The van der Waals surface area contributed by atoms with Crippen LogP contribution in [-0.2, 0) is 24.0 Å². The van der Waals surface area contributed by atoms with Crippen LogP contribution < -0.4 is 27.4 Å². The number of nitrogens with two attached hydrogens (primary N) is 2. The molecule has 0 aliphatic rings. The standard InChI is InChI=1S/C20H37N5O6/c1-6-11(4)16(19(29)24-14(20(30)31)9-10(2)3)25-17(27)12(5)23-18(28)13(21)7-8-15(22)26/h10-14,16H,6-9,21H2,1-5H3,(H2,22,26)(H,23,28)(H,24,29)(H,25,27)(H,30,31). The number of hydrogen-bond donors (Lipinski definition) is 6. The molecule has 5 atom stereocenters. The Morgan fingerprint density at radius 1 is 0.903 bits per heavy atom. The maximum absolute atomic E-state index is 12.7. The third kappa shape index (κ3) is 10.8. The molecule has 4 amide bonds. The highest BCUT2D eigenvalue weighted by Crippen LogP contribution is 2.11. The minimum Gasteiger partial charge on any atom is -0.480 e. The van der Waals surface area contributed by atoms with E-state index in [1.807, 2.05) is 20.8 Å². The summed E-state index contributed by atoms with van der Waals surface area (Å²) in [5.41, 5.74) is 10.7. The molecule has 0 aliphatic carbocycles. The number of amides is 4. The minimum absolute atomic E-state index is 0.0415. The molecule has 0 rings (SSSR count). The van der Waals surface area contributed by atoms with Gasteiger partial charge in [-0.3, -0.25) is 19.2 Å². The number of rotatable bonds is 14. The molecule has 0 aromatic heterocycles. The Labute approximate surface area is 183 Å². The molecule has 0 bridgehead atoms. The molecule has 178 valence electrons. The fraction of sp³-hybridized carbons (Fsp3) is 0.750. The van der Waals surface area contributed by atoms with Crippen LogP contribution in [0.3, 0.4) is 0 Å². The Balaban J connectivity index is 5.11. The van der Waals surface area contributed by atoms with Crippen molar-refractivity contribution in [3.8, 4) is 0 Å². The zero-order valence-corrected chi connectivity index (χ0v) is 18.9. The molecule has 0 spiro atoms. The summed E-state index contributed by atoms with van der Waals surface area (Å²) in [6.07, 6.45) is 0.781. The zero-order chi connectivity index (χ0) is 24.3. The van der Waals surface area contributed by atoms with Crippen LogP contribution in [0.2, 0.25) is 0 Å². The van der Waals surface area contributed by atoms with E-state index in [2.05, 4.69) is 16.0 Å². The van der Waals surface area contributed by atoms with Crippen LogP contribution in [-0.4, -0.2) is 58.9 Å². The molecule has 0 saturated carbocycles. The lowest BCUT2D eigenvalue weighted by atomic mass is 9.96. The van der Waals surface area contributed by atoms with Crippen LogP contribution in [0, 0.1) is 11.8 Å². The fourth-order valence-corrected chi connectivity index (χ4v) is 2.75. The van der Waals surface area contributed by atoms with E-state index in [1.165, 1.54) is 6.92 Å². The second kappa shape index (κ2) is 13.6. The number of carboxylic acid groups (broad SMARTS) is 1. The van der Waals surface area contributed by atoms with Gasteiger partial charge in [0.15, 0.2) is 0 Å². The van der Waals surface area contributed by atoms with Crippen LogP contribution in [0.15, 0.2) is 0 Å². The third-order valence-corrected chi connectivity index (χ3v) is 4.91. The second-order valence-electron chi connectivity index (χ2n) is 8.24. The molecule has 11 heteroatoms. The molecule has 0 radical (unpaired) electrons. The van der Waals surface area contributed by atoms with Gasteiger partial charge in [0.1, 0.15) is 18.1 Å². The van der Waals surface area contributed by atoms with Crippen LogP contribution in [0.25, 0.3) is 0 Å². The van der Waals surface area contributed by atoms with Gasteiger partial charge >= 0.3 is 5.97 Å². The van der Waals surface area contributed by atoms with Crippen molar-refractivity contribution in [3.63, 3.8) is 0 Å². The Bertz CT molecular complexity index is 654. The summed E-state index contributed by atoms with van der Waals surface area (Å²) in [5, 5.41) is 16.9. The molecule has 11 nitrogen and oxygen atoms in total. The molecular formula is C20H37N5O6. The minimum atomic E-state index is -1.15. The largest absolute Gasteiger partial charge is 0.480 e. The zero-order valence-electron chi connectivity index (χ0n) is 18.9. The van der Waals surface area contributed by atoms with Crippen LogP contribution in [0.5, 0.6) is 0 Å². The van der Waals surface area contributed by atoms with E-state index in [1.54, 1.807) is 6.92 Å². The first-order valence-electron chi connectivity index (χ1n) is 10.5. The number of carboxylic acids is 1. The Morgan fingerprint density at radius 2 is 1.48 bits per heavy atom. The maximum atomic E-state index is 12.7. The van der Waals surface area contributed by atoms with Crippen LogP contribution in [0.1, 0.15) is 60.3 Å². The number of hydrogen-bond acceptors (Lipinski definition) is 6. The number of carbonyl (C=O) groups excluding carboxylic acids is 4. The molecular weight excluding hydrogens is 406 g/mol. The smallest absolute Gasteiger partial charge is 0.326 e. The molecule has 0 heterocycles. The van der Waals surface area contributed by atoms with Gasteiger partial charge in [0.25, 0.3) is 0 Å². The molecule has 31 heavy (non-hydrogen) atoms. The van der Waals surface area contributed by atoms with Gasteiger partial charge in [-0.1, -0.05) is 34.1 Å². The van der Waals surface area contributed by atoms with E-state index in [4.69, 9.17) is 11.5 Å². The summed E-state index contributed by atoms with van der Waals surface area (Å²) in [6, 6.07) is -4.06. The Kier molecular flexibility index (Phi) is 12.4. The summed E-state index contributed by atoms with van der Waals surface area (Å²) in [7, 11) is 0. The molecule has 0 fully saturated rings. The summed E-state index contributed by atoms with van der Waals surface area (Å²) in [4.78, 5) is 59.7. The van der Waals surface area contributed by atoms with Gasteiger partial charge in [0.05, 0.1) is 6.04 Å². The van der Waals surface area contributed by atoms with Gasteiger partial charge in [0.2, 0.25) is 23.6 Å². The third-order valence-electron chi connectivity index (χ3n) is 4.91. The van der Waals surface area contributed by atoms with Gasteiger partial charge in [-0.15, -0.1) is 0 Å². The van der Waals surface area contributed by atoms with E-state index < -0.39 is 53.8 Å². The molecule has 0 saturated heterocycles. The lowest BCUT2D eigenvalue weighted by Crippen LogP contribution is -2.58. The average molecular weight is 444 g/mol. The molecule has 0 aliphatic heterocycles. The topological polar surface area (TPSA) is 194 Å². The lowest BCUT2D eigenvalue weighted by molar-refractivity contribution is -0.143. The summed E-state index contributed by atoms with van der Waals surface area (Å²) in [6.45, 7) is 8.70. The lowest BCUT2D eigenvalue weighted by Gasteiger charge is -2.27. The maximum Gasteiger partial charge on any atom is 0.326 e. The van der Waals surface area contributed by atoms with E-state index in [-0.39, 0.29) is 31.1 Å². The first kappa shape index (κ1) is 28.3. The molecule has 5 unspecified atom stereocenters. The number of carbonyl (C=O) groups is 5. The highest BCUT2D eigenvalue weighted by atomic mass is 16.4. The Hall–Kier alpha value is -2.69. The van der Waals surface area contributed by atoms with Gasteiger partial charge in [-0.25, -0.2) is 4.79 Å². The van der Waals surface area contributed by atoms with Crippen LogP contribution >= 0.6 is 0 Å². The van der Waals surface area contributed by atoms with Gasteiger partial charge < -0.3 is 32.5 Å². The number of primary amides is 1. The van der Waals surface area contributed by atoms with Gasteiger partial charge in [0, 0.05) is 6.42 Å². The molecule has 8 N–H and O–H groups in total. The van der Waals surface area contributed by atoms with Crippen molar-refractivity contribution >= 4 is 29.6 Å². The van der Waals surface area contributed by atoms with E-state index in [0.29, 0.717) is 6.42 Å². The first-order valence-corrected chi connectivity index (χ1v) is 10.5. The SMILES string of the molecule is CCC(C)C(NC(=O)C(C)NC(=O)C(N)CCC(N)=O)C(=O)NC(CC(C)C)C(=O)O. The Morgan fingerprint density at radius 3 is 1.94 bits per heavy atom. The van der Waals surface area contributed by atoms with E-state index in [0.717, 1.165) is 0 Å². The van der Waals surface area contributed by atoms with Crippen LogP contribution in [0.4, 0.5) is 0 Å². The normalized spacial score (nSPS) is 15.8. The van der Waals surface area contributed by atoms with Crippen molar-refractivity contribution in [2.75, 3.05) is 0 Å². The van der Waals surface area contributed by atoms with Gasteiger partial charge in [-0.2, -0.15) is 0 Å². The predicted octanol–water partition coefficient (Wildman–Crippen LogP) is -0.770.